The third-order valence-electron chi connectivity index (χ3n) is 2.88. The van der Waals surface area contributed by atoms with Crippen LogP contribution in [0.15, 0.2) is 51.8 Å². The fourth-order valence-electron chi connectivity index (χ4n) is 1.81. The van der Waals surface area contributed by atoms with Crippen LogP contribution >= 0.6 is 39.3 Å². The SMILES string of the molecule is COc1ccc(C(Cl)c2ccc(SC)cc2)cc1Br. The molecule has 2 aromatic carbocycles. The van der Waals surface area contributed by atoms with Crippen LogP contribution in [0.2, 0.25) is 0 Å². The van der Waals surface area contributed by atoms with Gasteiger partial charge in [-0.2, -0.15) is 0 Å². The Morgan fingerprint density at radius 3 is 2.26 bits per heavy atom. The molecular weight excluding hydrogens is 344 g/mol. The van der Waals surface area contributed by atoms with Gasteiger partial charge in [0, 0.05) is 4.90 Å². The second kappa shape index (κ2) is 6.69. The van der Waals surface area contributed by atoms with E-state index in [0.717, 1.165) is 21.3 Å². The number of alkyl halides is 1. The summed E-state index contributed by atoms with van der Waals surface area (Å²) in [5.74, 6) is 0.811. The molecule has 0 bridgehead atoms. The first-order valence-electron chi connectivity index (χ1n) is 5.77. The molecule has 0 saturated carbocycles. The summed E-state index contributed by atoms with van der Waals surface area (Å²) >= 11 is 11.7. The number of halogens is 2. The third-order valence-corrected chi connectivity index (χ3v) is 4.74. The number of benzene rings is 2. The summed E-state index contributed by atoms with van der Waals surface area (Å²) < 4.78 is 6.14. The van der Waals surface area contributed by atoms with Crippen LogP contribution in [0.25, 0.3) is 0 Å². The lowest BCUT2D eigenvalue weighted by Crippen LogP contribution is -1.94. The molecule has 19 heavy (non-hydrogen) atoms. The molecule has 0 spiro atoms. The minimum Gasteiger partial charge on any atom is -0.496 e. The van der Waals surface area contributed by atoms with E-state index < -0.39 is 0 Å². The lowest BCUT2D eigenvalue weighted by Gasteiger charge is -2.12. The number of ether oxygens (including phenoxy) is 1. The smallest absolute Gasteiger partial charge is 0.133 e. The van der Waals surface area contributed by atoms with Gasteiger partial charge in [0.2, 0.25) is 0 Å². The van der Waals surface area contributed by atoms with Gasteiger partial charge in [-0.15, -0.1) is 23.4 Å². The standard InChI is InChI=1S/C15H14BrClOS/c1-18-14-8-5-11(9-13(14)16)15(17)10-3-6-12(19-2)7-4-10/h3-9,15H,1-2H3. The Morgan fingerprint density at radius 1 is 1.11 bits per heavy atom. The lowest BCUT2D eigenvalue weighted by atomic mass is 10.0. The summed E-state index contributed by atoms with van der Waals surface area (Å²) in [6.07, 6.45) is 2.06. The van der Waals surface area contributed by atoms with Gasteiger partial charge in [0.05, 0.1) is 17.0 Å². The molecule has 0 fully saturated rings. The Labute approximate surface area is 131 Å². The zero-order valence-corrected chi connectivity index (χ0v) is 13.8. The highest BCUT2D eigenvalue weighted by atomic mass is 79.9. The summed E-state index contributed by atoms with van der Waals surface area (Å²) in [5, 5.41) is -0.155. The number of thioether (sulfide) groups is 1. The molecule has 4 heteroatoms. The Kier molecular flexibility index (Phi) is 5.20. The minimum absolute atomic E-state index is 0.155. The summed E-state index contributed by atoms with van der Waals surface area (Å²) in [6, 6.07) is 14.2. The van der Waals surface area contributed by atoms with Crippen LogP contribution in [0.1, 0.15) is 16.5 Å². The summed E-state index contributed by atoms with van der Waals surface area (Å²) in [6.45, 7) is 0. The van der Waals surface area contributed by atoms with Crippen LogP contribution in [0.5, 0.6) is 5.75 Å². The Morgan fingerprint density at radius 2 is 1.74 bits per heavy atom. The number of rotatable bonds is 4. The predicted octanol–water partition coefficient (Wildman–Crippen LogP) is 5.51. The van der Waals surface area contributed by atoms with E-state index in [1.165, 1.54) is 4.90 Å². The largest absolute Gasteiger partial charge is 0.496 e. The molecule has 1 atom stereocenters. The first-order chi connectivity index (χ1) is 9.15. The highest BCUT2D eigenvalue weighted by molar-refractivity contribution is 9.10. The first-order valence-corrected chi connectivity index (χ1v) is 8.22. The first kappa shape index (κ1) is 14.8. The van der Waals surface area contributed by atoms with Gasteiger partial charge < -0.3 is 4.74 Å². The van der Waals surface area contributed by atoms with E-state index in [0.29, 0.717) is 0 Å². The second-order valence-corrected chi connectivity index (χ2v) is 6.20. The minimum atomic E-state index is -0.155. The average molecular weight is 358 g/mol. The number of hydrogen-bond donors (Lipinski definition) is 0. The lowest BCUT2D eigenvalue weighted by molar-refractivity contribution is 0.412. The quantitative estimate of drug-likeness (QED) is 0.527. The number of methoxy groups -OCH3 is 1. The van der Waals surface area contributed by atoms with Crippen LogP contribution in [0.4, 0.5) is 0 Å². The fourth-order valence-corrected chi connectivity index (χ4v) is 3.05. The maximum atomic E-state index is 6.53. The van der Waals surface area contributed by atoms with Gasteiger partial charge >= 0.3 is 0 Å². The molecule has 0 heterocycles. The molecule has 0 amide bonds. The molecule has 1 nitrogen and oxygen atoms in total. The van der Waals surface area contributed by atoms with Crippen LogP contribution in [-0.4, -0.2) is 13.4 Å². The van der Waals surface area contributed by atoms with Gasteiger partial charge in [-0.1, -0.05) is 18.2 Å². The van der Waals surface area contributed by atoms with Crippen molar-refractivity contribution in [2.24, 2.45) is 0 Å². The van der Waals surface area contributed by atoms with Crippen LogP contribution in [0, 0.1) is 0 Å². The molecule has 0 saturated heterocycles. The van der Waals surface area contributed by atoms with Crippen molar-refractivity contribution in [1.82, 2.24) is 0 Å². The van der Waals surface area contributed by atoms with Crippen LogP contribution < -0.4 is 4.74 Å². The van der Waals surface area contributed by atoms with Crippen LogP contribution in [0.3, 0.4) is 0 Å². The van der Waals surface area contributed by atoms with Crippen molar-refractivity contribution in [3.8, 4) is 5.75 Å². The zero-order valence-electron chi connectivity index (χ0n) is 10.7. The van der Waals surface area contributed by atoms with Crippen molar-refractivity contribution in [2.45, 2.75) is 10.3 Å². The molecule has 0 aliphatic carbocycles. The monoisotopic (exact) mass is 356 g/mol. The molecular formula is C15H14BrClOS. The predicted molar refractivity (Wildman–Crippen MR) is 86.6 cm³/mol. The van der Waals surface area contributed by atoms with Crippen molar-refractivity contribution >= 4 is 39.3 Å². The van der Waals surface area contributed by atoms with Gasteiger partial charge in [0.25, 0.3) is 0 Å². The van der Waals surface area contributed by atoms with Crippen molar-refractivity contribution in [1.29, 1.82) is 0 Å². The van der Waals surface area contributed by atoms with Crippen molar-refractivity contribution in [3.63, 3.8) is 0 Å². The molecule has 0 N–H and O–H groups in total. The van der Waals surface area contributed by atoms with E-state index >= 15 is 0 Å². The maximum Gasteiger partial charge on any atom is 0.133 e. The van der Waals surface area contributed by atoms with E-state index in [1.807, 2.05) is 18.2 Å². The molecule has 0 radical (unpaired) electrons. The summed E-state index contributed by atoms with van der Waals surface area (Å²) in [5.41, 5.74) is 2.14. The van der Waals surface area contributed by atoms with Gasteiger partial charge in [-0.05, 0) is 57.6 Å². The van der Waals surface area contributed by atoms with E-state index in [1.54, 1.807) is 18.9 Å². The zero-order chi connectivity index (χ0) is 13.8. The van der Waals surface area contributed by atoms with Crippen molar-refractivity contribution in [3.05, 3.63) is 58.1 Å². The van der Waals surface area contributed by atoms with Gasteiger partial charge in [0.1, 0.15) is 5.75 Å². The van der Waals surface area contributed by atoms with Gasteiger partial charge in [-0.25, -0.2) is 0 Å². The third kappa shape index (κ3) is 3.47. The average Bonchev–Trinajstić information content (AvgIpc) is 2.46. The molecule has 0 aliphatic heterocycles. The highest BCUT2D eigenvalue weighted by Crippen LogP contribution is 2.34. The Bertz CT molecular complexity index is 557. The molecule has 100 valence electrons. The second-order valence-electron chi connectivity index (χ2n) is 4.03. The highest BCUT2D eigenvalue weighted by Gasteiger charge is 2.12. The maximum absolute atomic E-state index is 6.53. The van der Waals surface area contributed by atoms with E-state index in [4.69, 9.17) is 16.3 Å². The number of hydrogen-bond acceptors (Lipinski definition) is 2. The van der Waals surface area contributed by atoms with Crippen LogP contribution in [-0.2, 0) is 0 Å². The van der Waals surface area contributed by atoms with E-state index in [9.17, 15) is 0 Å². The Hall–Kier alpha value is -0.640. The topological polar surface area (TPSA) is 9.23 Å². The van der Waals surface area contributed by atoms with Gasteiger partial charge in [-0.3, -0.25) is 0 Å². The van der Waals surface area contributed by atoms with E-state index in [2.05, 4.69) is 46.5 Å². The van der Waals surface area contributed by atoms with E-state index in [-0.39, 0.29) is 5.38 Å². The van der Waals surface area contributed by atoms with Crippen molar-refractivity contribution < 1.29 is 4.74 Å². The molecule has 1 unspecified atom stereocenters. The van der Waals surface area contributed by atoms with Gasteiger partial charge in [0.15, 0.2) is 0 Å². The normalized spacial score (nSPS) is 12.2. The fraction of sp³-hybridized carbons (Fsp3) is 0.200. The van der Waals surface area contributed by atoms with Crippen molar-refractivity contribution in [2.75, 3.05) is 13.4 Å². The summed E-state index contributed by atoms with van der Waals surface area (Å²) in [7, 11) is 1.65. The molecule has 0 aromatic heterocycles. The molecule has 2 rings (SSSR count). The summed E-state index contributed by atoms with van der Waals surface area (Å²) in [4.78, 5) is 1.24. The Balaban J connectivity index is 2.27. The molecule has 0 aliphatic rings. The molecule has 2 aromatic rings.